The van der Waals surface area contributed by atoms with E-state index in [-0.39, 0.29) is 16.0 Å². The van der Waals surface area contributed by atoms with Gasteiger partial charge in [-0.15, -0.1) is 0 Å². The molecule has 0 saturated heterocycles. The first kappa shape index (κ1) is 25.5. The lowest BCUT2D eigenvalue weighted by molar-refractivity contribution is 0.0458. The molecule has 2 aliphatic carbocycles. The predicted molar refractivity (Wildman–Crippen MR) is 128 cm³/mol. The minimum atomic E-state index is -3.41. The van der Waals surface area contributed by atoms with E-state index in [1.54, 1.807) is 24.3 Å². The largest absolute Gasteiger partial charge is 0.465 e. The molecule has 176 valence electrons. The molecule has 1 amide bonds. The van der Waals surface area contributed by atoms with Crippen molar-refractivity contribution in [2.45, 2.75) is 60.5 Å². The zero-order chi connectivity index (χ0) is 24.1. The molecular weight excluding hydrogens is 532 g/mol. The van der Waals surface area contributed by atoms with Crippen LogP contribution in [-0.2, 0) is 21.2 Å². The Hall–Kier alpha value is -2.12. The molecule has 0 unspecified atom stereocenters. The molecule has 2 N–H and O–H groups in total. The average Bonchev–Trinajstić information content (AvgIpc) is 3.37. The third-order valence-corrected chi connectivity index (χ3v) is 8.87. The van der Waals surface area contributed by atoms with Crippen LogP contribution in [0.2, 0.25) is 5.02 Å². The summed E-state index contributed by atoms with van der Waals surface area (Å²) in [6.07, 6.45) is 2.03. The molecule has 0 spiro atoms. The van der Waals surface area contributed by atoms with Crippen LogP contribution in [0.1, 0.15) is 37.7 Å². The molecule has 33 heavy (non-hydrogen) atoms. The Labute approximate surface area is 206 Å². The second kappa shape index (κ2) is 10.9. The average molecular weight is 556 g/mol. The molecule has 0 aliphatic heterocycles. The molecule has 0 aromatic heterocycles. The zero-order valence-electron chi connectivity index (χ0n) is 17.7. The maximum absolute atomic E-state index is 12.8. The van der Waals surface area contributed by atoms with Crippen molar-refractivity contribution in [3.8, 4) is 6.07 Å². The number of benzene rings is 2. The number of halogens is 2. The number of amides is 1. The van der Waals surface area contributed by atoms with E-state index in [2.05, 4.69) is 21.2 Å². The first-order valence-electron chi connectivity index (χ1n) is 10.4. The smallest absolute Gasteiger partial charge is 0.405 e. The van der Waals surface area contributed by atoms with Gasteiger partial charge in [-0.1, -0.05) is 51.8 Å². The van der Waals surface area contributed by atoms with Gasteiger partial charge in [0.05, 0.1) is 33.9 Å². The van der Waals surface area contributed by atoms with Crippen molar-refractivity contribution in [2.75, 3.05) is 0 Å². The van der Waals surface area contributed by atoms with Crippen molar-refractivity contribution >= 4 is 43.5 Å². The van der Waals surface area contributed by atoms with Crippen LogP contribution in [0, 0.1) is 11.3 Å². The Morgan fingerprint density at radius 2 is 1.88 bits per heavy atom. The Bertz CT molecular complexity index is 1130. The summed E-state index contributed by atoms with van der Waals surface area (Å²) >= 11 is 9.47. The van der Waals surface area contributed by atoms with E-state index in [1.807, 2.05) is 30.3 Å². The number of carboxylic acid groups (broad SMARTS) is 1. The highest BCUT2D eigenvalue weighted by Gasteiger charge is 2.44. The minimum absolute atomic E-state index is 0.0316. The molecule has 0 heterocycles. The van der Waals surface area contributed by atoms with Crippen molar-refractivity contribution in [3.05, 3.63) is 63.6 Å². The number of nitrogens with one attached hydrogen (secondary N) is 1. The summed E-state index contributed by atoms with van der Waals surface area (Å²) in [5, 5.41) is 18.5. The van der Waals surface area contributed by atoms with Crippen LogP contribution < -0.4 is 5.32 Å². The first-order valence-corrected chi connectivity index (χ1v) is 13.1. The van der Waals surface area contributed by atoms with Crippen LogP contribution in [0.5, 0.6) is 0 Å². The highest BCUT2D eigenvalue weighted by Crippen LogP contribution is 2.35. The Balaban J connectivity index is 0.000000286. The molecule has 0 radical (unpaired) electrons. The lowest BCUT2D eigenvalue weighted by atomic mass is 10.2. The highest BCUT2D eigenvalue weighted by atomic mass is 79.9. The Kier molecular flexibility index (Phi) is 8.40. The quantitative estimate of drug-likeness (QED) is 0.498. The summed E-state index contributed by atoms with van der Waals surface area (Å²) in [5.74, 6) is 0. The SMILES string of the molecule is N#CC1(NC(=O)O)CC1.O=S(=O)(c1ccccc1Cl)[C@@H]1CC[C@@H](OCc2ccc(Br)cc2)C1. The summed E-state index contributed by atoms with van der Waals surface area (Å²) in [6, 6.07) is 16.5. The first-order chi connectivity index (χ1) is 15.6. The normalized spacial score (nSPS) is 20.8. The van der Waals surface area contributed by atoms with Crippen LogP contribution >= 0.6 is 27.5 Å². The van der Waals surface area contributed by atoms with Gasteiger partial charge in [-0.2, -0.15) is 5.26 Å². The Morgan fingerprint density at radius 3 is 2.42 bits per heavy atom. The number of carbonyl (C=O) groups is 1. The number of nitrogens with zero attached hydrogens (tertiary/aromatic N) is 1. The molecule has 2 aliphatic rings. The van der Waals surface area contributed by atoms with Crippen LogP contribution in [0.15, 0.2) is 57.9 Å². The van der Waals surface area contributed by atoms with Crippen LogP contribution in [0.25, 0.3) is 0 Å². The zero-order valence-corrected chi connectivity index (χ0v) is 20.9. The van der Waals surface area contributed by atoms with E-state index >= 15 is 0 Å². The maximum Gasteiger partial charge on any atom is 0.405 e. The van der Waals surface area contributed by atoms with Crippen molar-refractivity contribution in [1.29, 1.82) is 5.26 Å². The van der Waals surface area contributed by atoms with E-state index in [0.717, 1.165) is 16.5 Å². The van der Waals surface area contributed by atoms with E-state index in [0.29, 0.717) is 32.3 Å². The van der Waals surface area contributed by atoms with Crippen LogP contribution in [0.3, 0.4) is 0 Å². The van der Waals surface area contributed by atoms with Crippen LogP contribution in [-0.4, -0.2) is 36.5 Å². The summed E-state index contributed by atoms with van der Waals surface area (Å²) < 4.78 is 32.5. The molecular formula is C23H24BrClN2O5S. The molecule has 0 bridgehead atoms. The number of ether oxygens (including phenoxy) is 1. The third-order valence-electron chi connectivity index (χ3n) is 5.63. The van der Waals surface area contributed by atoms with Gasteiger partial charge in [0.15, 0.2) is 9.84 Å². The van der Waals surface area contributed by atoms with Gasteiger partial charge >= 0.3 is 6.09 Å². The van der Waals surface area contributed by atoms with E-state index in [9.17, 15) is 13.2 Å². The minimum Gasteiger partial charge on any atom is -0.465 e. The molecule has 2 atom stereocenters. The fourth-order valence-corrected chi connectivity index (χ4v) is 6.18. The number of sulfone groups is 1. The summed E-state index contributed by atoms with van der Waals surface area (Å²) in [5.41, 5.74) is 0.349. The second-order valence-electron chi connectivity index (χ2n) is 8.09. The number of hydrogen-bond donors (Lipinski definition) is 2. The van der Waals surface area contributed by atoms with Gasteiger partial charge < -0.3 is 15.2 Å². The molecule has 7 nitrogen and oxygen atoms in total. The summed E-state index contributed by atoms with van der Waals surface area (Å²) in [7, 11) is -3.41. The summed E-state index contributed by atoms with van der Waals surface area (Å²) in [4.78, 5) is 10.2. The van der Waals surface area contributed by atoms with E-state index in [1.165, 1.54) is 0 Å². The maximum atomic E-state index is 12.8. The molecule has 2 aromatic carbocycles. The third kappa shape index (κ3) is 6.93. The van der Waals surface area contributed by atoms with Gasteiger partial charge in [0.1, 0.15) is 5.54 Å². The van der Waals surface area contributed by atoms with Gasteiger partial charge in [0.2, 0.25) is 0 Å². The lowest BCUT2D eigenvalue weighted by Gasteiger charge is -2.14. The van der Waals surface area contributed by atoms with E-state index < -0.39 is 26.7 Å². The van der Waals surface area contributed by atoms with Crippen molar-refractivity contribution in [2.24, 2.45) is 0 Å². The van der Waals surface area contributed by atoms with Crippen LogP contribution in [0.4, 0.5) is 4.79 Å². The molecule has 2 fully saturated rings. The fourth-order valence-electron chi connectivity index (χ4n) is 3.58. The van der Waals surface area contributed by atoms with Gasteiger partial charge in [-0.25, -0.2) is 13.2 Å². The molecule has 2 aromatic rings. The Morgan fingerprint density at radius 1 is 1.21 bits per heavy atom. The number of rotatable bonds is 6. The predicted octanol–water partition coefficient (Wildman–Crippen LogP) is 5.32. The topological polar surface area (TPSA) is 116 Å². The van der Waals surface area contributed by atoms with Gasteiger partial charge in [-0.3, -0.25) is 0 Å². The van der Waals surface area contributed by atoms with Gasteiger partial charge in [-0.05, 0) is 61.9 Å². The molecule has 2 saturated carbocycles. The molecule has 4 rings (SSSR count). The molecule has 10 heteroatoms. The number of nitriles is 1. The van der Waals surface area contributed by atoms with Gasteiger partial charge in [0, 0.05) is 4.47 Å². The monoisotopic (exact) mass is 554 g/mol. The number of hydrogen-bond acceptors (Lipinski definition) is 5. The van der Waals surface area contributed by atoms with E-state index in [4.69, 9.17) is 26.7 Å². The summed E-state index contributed by atoms with van der Waals surface area (Å²) in [6.45, 7) is 0.497. The fraction of sp³-hybridized carbons (Fsp3) is 0.391. The van der Waals surface area contributed by atoms with Gasteiger partial charge in [0.25, 0.3) is 0 Å². The standard InChI is InChI=1S/C18H18BrClO3S.C5H6N2O2/c19-14-7-5-13(6-8-14)12-23-15-9-10-16(11-15)24(21,22)18-4-2-1-3-17(18)20;6-3-5(1-2-5)7-4(8)9/h1-8,15-16H,9-12H2;7H,1-2H2,(H,8,9)/t15-,16-;/m1./s1. The lowest BCUT2D eigenvalue weighted by Crippen LogP contribution is -2.33. The second-order valence-corrected chi connectivity index (χ2v) is 11.6. The van der Waals surface area contributed by atoms with Crippen molar-refractivity contribution in [3.63, 3.8) is 0 Å². The van der Waals surface area contributed by atoms with Crippen molar-refractivity contribution < 1.29 is 23.1 Å². The highest BCUT2D eigenvalue weighted by molar-refractivity contribution is 9.10. The van der Waals surface area contributed by atoms with Crippen molar-refractivity contribution in [1.82, 2.24) is 5.32 Å².